The Bertz CT molecular complexity index is 1450. The van der Waals surface area contributed by atoms with E-state index in [4.69, 9.17) is 4.74 Å². The van der Waals surface area contributed by atoms with Crippen LogP contribution in [0.2, 0.25) is 0 Å². The standard InChI is InChI=1S/C39H54O7/c1-23(2)25-13-18-38(34(44)45)19-20-39(22-46-32(43)12-8-24-7-10-27(40)28(41)21-24)26(33(25)38)9-11-30-36(5)16-15-31(42)35(3,4)29(36)14-17-37(30,39)6/h7-8,10,12,21,25-26,29-31,33,40-42H,1,9,11,13-20,22H2,2-6H3,(H,44,45)/b12-8+/t25-,26+,29-,30+,31-,33+,36-,37+,38-,39-/m0/s1. The van der Waals surface area contributed by atoms with Gasteiger partial charge in [-0.3, -0.25) is 4.79 Å². The van der Waals surface area contributed by atoms with Gasteiger partial charge in [0.2, 0.25) is 0 Å². The van der Waals surface area contributed by atoms with Crippen LogP contribution in [0.15, 0.2) is 36.4 Å². The first-order valence-corrected chi connectivity index (χ1v) is 17.5. The maximum Gasteiger partial charge on any atom is 0.330 e. The minimum absolute atomic E-state index is 0.0310. The molecule has 0 spiro atoms. The molecule has 0 unspecified atom stereocenters. The number of phenolic OH excluding ortho intramolecular Hbond substituents is 2. The highest BCUT2D eigenvalue weighted by Crippen LogP contribution is 2.77. The second kappa shape index (κ2) is 11.1. The predicted octanol–water partition coefficient (Wildman–Crippen LogP) is 7.74. The molecule has 7 heteroatoms. The molecule has 46 heavy (non-hydrogen) atoms. The smallest absolute Gasteiger partial charge is 0.330 e. The van der Waals surface area contributed by atoms with Crippen LogP contribution in [0.3, 0.4) is 0 Å². The van der Waals surface area contributed by atoms with E-state index in [-0.39, 0.29) is 63.6 Å². The molecule has 10 atom stereocenters. The summed E-state index contributed by atoms with van der Waals surface area (Å²) in [6.07, 6.45) is 11.1. The molecule has 7 nitrogen and oxygen atoms in total. The molecule has 0 aliphatic heterocycles. The van der Waals surface area contributed by atoms with Crippen molar-refractivity contribution < 1.29 is 34.8 Å². The number of hydrogen-bond acceptors (Lipinski definition) is 6. The fraction of sp³-hybridized carbons (Fsp3) is 0.692. The molecular formula is C39H54O7. The van der Waals surface area contributed by atoms with Crippen LogP contribution in [-0.2, 0) is 14.3 Å². The number of esters is 1. The van der Waals surface area contributed by atoms with Gasteiger partial charge >= 0.3 is 11.9 Å². The van der Waals surface area contributed by atoms with Gasteiger partial charge in [-0.2, -0.15) is 0 Å². The van der Waals surface area contributed by atoms with E-state index in [1.807, 2.05) is 0 Å². The van der Waals surface area contributed by atoms with Crippen molar-refractivity contribution in [1.82, 2.24) is 0 Å². The molecule has 252 valence electrons. The molecule has 6 rings (SSSR count). The SMILES string of the molecule is C=C(C)[C@@H]1CC[C@]2(C(=O)O)CC[C@]3(COC(=O)/C=C/c4ccc(O)c(O)c4)[C@H](CC[C@@H]4[C@@]5(C)CC[C@H](O)C(C)(C)[C@@H]5CC[C@]43C)[C@@H]12. The Morgan fingerprint density at radius 2 is 1.67 bits per heavy atom. The summed E-state index contributed by atoms with van der Waals surface area (Å²) in [5, 5.41) is 41.5. The first-order valence-electron chi connectivity index (χ1n) is 17.5. The molecule has 4 N–H and O–H groups in total. The summed E-state index contributed by atoms with van der Waals surface area (Å²) in [6, 6.07) is 4.39. The minimum Gasteiger partial charge on any atom is -0.504 e. The zero-order valence-electron chi connectivity index (χ0n) is 28.3. The number of carboxylic acids is 1. The van der Waals surface area contributed by atoms with Gasteiger partial charge in [0.15, 0.2) is 11.5 Å². The first-order chi connectivity index (χ1) is 21.5. The van der Waals surface area contributed by atoms with Crippen LogP contribution in [0.4, 0.5) is 0 Å². The number of allylic oxidation sites excluding steroid dienone is 1. The summed E-state index contributed by atoms with van der Waals surface area (Å²) in [5.41, 5.74) is 0.158. The van der Waals surface area contributed by atoms with Gasteiger partial charge in [0, 0.05) is 11.5 Å². The molecule has 0 heterocycles. The molecular weight excluding hydrogens is 580 g/mol. The van der Waals surface area contributed by atoms with Crippen molar-refractivity contribution in [3.05, 3.63) is 42.0 Å². The average molecular weight is 635 g/mol. The van der Waals surface area contributed by atoms with Gasteiger partial charge in [-0.05, 0) is 141 Å². The molecule has 5 saturated carbocycles. The number of aliphatic carboxylic acids is 1. The molecule has 1 aromatic rings. The van der Waals surface area contributed by atoms with Crippen molar-refractivity contribution in [1.29, 1.82) is 0 Å². The molecule has 0 amide bonds. The Morgan fingerprint density at radius 3 is 2.35 bits per heavy atom. The molecule has 5 aliphatic rings. The van der Waals surface area contributed by atoms with Crippen molar-refractivity contribution in [3.8, 4) is 11.5 Å². The lowest BCUT2D eigenvalue weighted by atomic mass is 9.32. The Balaban J connectivity index is 1.39. The lowest BCUT2D eigenvalue weighted by Crippen LogP contribution is -2.69. The third-order valence-corrected chi connectivity index (χ3v) is 15.0. The number of carbonyl (C=O) groups excluding carboxylic acids is 1. The lowest BCUT2D eigenvalue weighted by Gasteiger charge is -2.73. The van der Waals surface area contributed by atoms with Crippen LogP contribution in [0, 0.1) is 56.7 Å². The number of aliphatic hydroxyl groups excluding tert-OH is 1. The summed E-state index contributed by atoms with van der Waals surface area (Å²) in [6.45, 7) is 16.0. The van der Waals surface area contributed by atoms with Gasteiger partial charge in [0.1, 0.15) is 0 Å². The fourth-order valence-corrected chi connectivity index (χ4v) is 12.7. The second-order valence-corrected chi connectivity index (χ2v) is 17.0. The summed E-state index contributed by atoms with van der Waals surface area (Å²) >= 11 is 0. The quantitative estimate of drug-likeness (QED) is 0.109. The Morgan fingerprint density at radius 1 is 0.935 bits per heavy atom. The van der Waals surface area contributed by atoms with Gasteiger partial charge in [-0.1, -0.05) is 45.9 Å². The highest BCUT2D eigenvalue weighted by Gasteiger charge is 2.73. The van der Waals surface area contributed by atoms with Crippen LogP contribution < -0.4 is 0 Å². The normalized spacial score (nSPS) is 42.7. The van der Waals surface area contributed by atoms with E-state index in [0.29, 0.717) is 36.7 Å². The third kappa shape index (κ3) is 4.61. The molecule has 0 bridgehead atoms. The molecule has 0 aromatic heterocycles. The van der Waals surface area contributed by atoms with Crippen molar-refractivity contribution in [2.24, 2.45) is 56.7 Å². The van der Waals surface area contributed by atoms with Gasteiger partial charge in [-0.15, -0.1) is 0 Å². The van der Waals surface area contributed by atoms with Crippen molar-refractivity contribution in [3.63, 3.8) is 0 Å². The van der Waals surface area contributed by atoms with Gasteiger partial charge in [0.05, 0.1) is 18.1 Å². The zero-order chi connectivity index (χ0) is 33.4. The monoisotopic (exact) mass is 634 g/mol. The number of fused-ring (bicyclic) bond motifs is 7. The summed E-state index contributed by atoms with van der Waals surface area (Å²) in [5.74, 6) is -0.683. The van der Waals surface area contributed by atoms with E-state index in [9.17, 15) is 30.0 Å². The van der Waals surface area contributed by atoms with Crippen molar-refractivity contribution in [2.75, 3.05) is 6.61 Å². The maximum atomic E-state index is 13.4. The predicted molar refractivity (Wildman–Crippen MR) is 177 cm³/mol. The summed E-state index contributed by atoms with van der Waals surface area (Å²) < 4.78 is 6.25. The Hall–Kier alpha value is -2.80. The van der Waals surface area contributed by atoms with Crippen molar-refractivity contribution >= 4 is 18.0 Å². The Labute approximate surface area is 274 Å². The van der Waals surface area contributed by atoms with E-state index in [1.54, 1.807) is 12.1 Å². The van der Waals surface area contributed by atoms with Crippen LogP contribution in [-0.4, -0.2) is 45.1 Å². The minimum atomic E-state index is -0.774. The van der Waals surface area contributed by atoms with E-state index in [1.165, 1.54) is 18.2 Å². The number of aromatic hydroxyl groups is 2. The van der Waals surface area contributed by atoms with Gasteiger partial charge in [-0.25, -0.2) is 4.79 Å². The molecule has 0 radical (unpaired) electrons. The topological polar surface area (TPSA) is 124 Å². The van der Waals surface area contributed by atoms with Crippen LogP contribution in [0.1, 0.15) is 104 Å². The highest BCUT2D eigenvalue weighted by molar-refractivity contribution is 5.87. The van der Waals surface area contributed by atoms with Crippen molar-refractivity contribution in [2.45, 2.75) is 105 Å². The number of benzene rings is 1. The second-order valence-electron chi connectivity index (χ2n) is 17.0. The average Bonchev–Trinajstić information content (AvgIpc) is 3.40. The largest absolute Gasteiger partial charge is 0.504 e. The number of hydrogen-bond donors (Lipinski definition) is 4. The van der Waals surface area contributed by atoms with Crippen LogP contribution in [0.25, 0.3) is 6.08 Å². The number of carbonyl (C=O) groups is 2. The Kier molecular flexibility index (Phi) is 8.02. The summed E-state index contributed by atoms with van der Waals surface area (Å²) in [7, 11) is 0. The molecule has 5 aliphatic carbocycles. The maximum absolute atomic E-state index is 13.4. The van der Waals surface area contributed by atoms with Crippen LogP contribution >= 0.6 is 0 Å². The summed E-state index contributed by atoms with van der Waals surface area (Å²) in [4.78, 5) is 26.5. The third-order valence-electron chi connectivity index (χ3n) is 15.0. The number of rotatable bonds is 6. The molecule has 5 fully saturated rings. The fourth-order valence-electron chi connectivity index (χ4n) is 12.7. The zero-order valence-corrected chi connectivity index (χ0v) is 28.3. The highest BCUT2D eigenvalue weighted by atomic mass is 16.5. The van der Waals surface area contributed by atoms with E-state index in [0.717, 1.165) is 50.5 Å². The molecule has 1 aromatic carbocycles. The number of aliphatic hydroxyl groups is 1. The lowest BCUT2D eigenvalue weighted by molar-refractivity contribution is -0.263. The van der Waals surface area contributed by atoms with E-state index in [2.05, 4.69) is 41.2 Å². The van der Waals surface area contributed by atoms with Gasteiger partial charge < -0.3 is 25.2 Å². The van der Waals surface area contributed by atoms with E-state index >= 15 is 0 Å². The number of carboxylic acid groups (broad SMARTS) is 1. The molecule has 0 saturated heterocycles. The number of phenols is 2. The van der Waals surface area contributed by atoms with Gasteiger partial charge in [0.25, 0.3) is 0 Å². The first kappa shape index (κ1) is 33.1. The van der Waals surface area contributed by atoms with E-state index < -0.39 is 17.4 Å². The number of ether oxygens (including phenoxy) is 1. The van der Waals surface area contributed by atoms with Crippen LogP contribution in [0.5, 0.6) is 11.5 Å².